The zero-order valence-corrected chi connectivity index (χ0v) is 20.3. The molecule has 0 unspecified atom stereocenters. The highest BCUT2D eigenvalue weighted by Gasteiger charge is 2.16. The van der Waals surface area contributed by atoms with Crippen LogP contribution in [0, 0.1) is 17.0 Å². The smallest absolute Gasteiger partial charge is 0.271 e. The Balaban J connectivity index is 1.60. The Morgan fingerprint density at radius 2 is 1.97 bits per heavy atom. The zero-order chi connectivity index (χ0) is 24.0. The summed E-state index contributed by atoms with van der Waals surface area (Å²) in [6, 6.07) is 11.4. The van der Waals surface area contributed by atoms with Gasteiger partial charge in [-0.1, -0.05) is 30.0 Å². The van der Waals surface area contributed by atoms with Crippen molar-refractivity contribution in [2.75, 3.05) is 11.1 Å². The SMILES string of the molecule is CCn1c(CNC(=O)c2ccccc2Br)nnc1SCC(=O)Nc1cc([N+](=O)[O-])ccc1C. The minimum Gasteiger partial charge on any atom is -0.345 e. The molecule has 33 heavy (non-hydrogen) atoms. The standard InChI is InChI=1S/C21H21BrN6O4S/c1-3-27-18(11-23-20(30)15-6-4-5-7-16(15)22)25-26-21(27)33-12-19(29)24-17-10-14(28(31)32)9-8-13(17)2/h4-10H,3,11-12H2,1-2H3,(H,23,30)(H,24,29). The molecule has 2 amide bonds. The van der Waals surface area contributed by atoms with Crippen LogP contribution in [0.15, 0.2) is 52.1 Å². The Morgan fingerprint density at radius 1 is 1.21 bits per heavy atom. The van der Waals surface area contributed by atoms with E-state index in [0.29, 0.717) is 33.2 Å². The van der Waals surface area contributed by atoms with Crippen LogP contribution in [0.1, 0.15) is 28.7 Å². The second kappa shape index (κ2) is 11.1. The van der Waals surface area contributed by atoms with E-state index in [1.165, 1.54) is 23.9 Å². The minimum atomic E-state index is -0.510. The summed E-state index contributed by atoms with van der Waals surface area (Å²) in [5, 5.41) is 25.3. The monoisotopic (exact) mass is 532 g/mol. The highest BCUT2D eigenvalue weighted by atomic mass is 79.9. The molecule has 1 aromatic heterocycles. The highest BCUT2D eigenvalue weighted by molar-refractivity contribution is 9.10. The number of carbonyl (C=O) groups excluding carboxylic acids is 2. The summed E-state index contributed by atoms with van der Waals surface area (Å²) in [6.45, 7) is 4.41. The van der Waals surface area contributed by atoms with Gasteiger partial charge in [0.2, 0.25) is 5.91 Å². The number of nitrogens with one attached hydrogen (secondary N) is 2. The van der Waals surface area contributed by atoms with Crippen molar-refractivity contribution in [3.63, 3.8) is 0 Å². The van der Waals surface area contributed by atoms with E-state index in [4.69, 9.17) is 0 Å². The number of thioether (sulfide) groups is 1. The first-order valence-corrected chi connectivity index (χ1v) is 11.7. The number of nitro groups is 1. The summed E-state index contributed by atoms with van der Waals surface area (Å²) in [5.41, 5.74) is 1.53. The van der Waals surface area contributed by atoms with Crippen LogP contribution >= 0.6 is 27.7 Å². The Labute approximate surface area is 202 Å². The van der Waals surface area contributed by atoms with Gasteiger partial charge in [-0.25, -0.2) is 0 Å². The van der Waals surface area contributed by atoms with Gasteiger partial charge in [-0.15, -0.1) is 10.2 Å². The lowest BCUT2D eigenvalue weighted by atomic mass is 10.2. The van der Waals surface area contributed by atoms with Gasteiger partial charge >= 0.3 is 0 Å². The van der Waals surface area contributed by atoms with Crippen LogP contribution in [-0.4, -0.2) is 37.3 Å². The molecule has 0 bridgehead atoms. The van der Waals surface area contributed by atoms with Gasteiger partial charge in [-0.3, -0.25) is 19.7 Å². The molecular weight excluding hydrogens is 512 g/mol. The summed E-state index contributed by atoms with van der Waals surface area (Å²) in [4.78, 5) is 35.3. The van der Waals surface area contributed by atoms with E-state index in [1.807, 2.05) is 17.6 Å². The Morgan fingerprint density at radius 3 is 2.67 bits per heavy atom. The molecule has 0 fully saturated rings. The molecule has 0 atom stereocenters. The van der Waals surface area contributed by atoms with Crippen molar-refractivity contribution >= 4 is 50.9 Å². The van der Waals surface area contributed by atoms with Gasteiger partial charge in [0.1, 0.15) is 0 Å². The lowest BCUT2D eigenvalue weighted by Gasteiger charge is -2.10. The third-order valence-corrected chi connectivity index (χ3v) is 6.33. The van der Waals surface area contributed by atoms with Crippen molar-refractivity contribution in [1.82, 2.24) is 20.1 Å². The number of halogens is 1. The largest absolute Gasteiger partial charge is 0.345 e. The fraction of sp³-hybridized carbons (Fsp3) is 0.238. The van der Waals surface area contributed by atoms with E-state index >= 15 is 0 Å². The minimum absolute atomic E-state index is 0.0452. The number of hydrogen-bond donors (Lipinski definition) is 2. The van der Waals surface area contributed by atoms with Gasteiger partial charge < -0.3 is 15.2 Å². The molecule has 0 radical (unpaired) electrons. The van der Waals surface area contributed by atoms with Crippen molar-refractivity contribution in [2.24, 2.45) is 0 Å². The molecule has 0 aliphatic heterocycles. The average Bonchev–Trinajstić information content (AvgIpc) is 3.19. The molecular formula is C21H21BrN6O4S. The molecule has 12 heteroatoms. The van der Waals surface area contributed by atoms with E-state index in [2.05, 4.69) is 36.8 Å². The lowest BCUT2D eigenvalue weighted by molar-refractivity contribution is -0.384. The van der Waals surface area contributed by atoms with Crippen LogP contribution in [-0.2, 0) is 17.9 Å². The first-order valence-electron chi connectivity index (χ1n) is 9.92. The molecule has 3 aromatic rings. The van der Waals surface area contributed by atoms with Gasteiger partial charge in [-0.2, -0.15) is 0 Å². The molecule has 0 saturated carbocycles. The number of nitro benzene ring substituents is 1. The number of non-ortho nitro benzene ring substituents is 1. The first-order chi connectivity index (χ1) is 15.8. The fourth-order valence-corrected chi connectivity index (χ4v) is 4.23. The number of rotatable bonds is 9. The maximum Gasteiger partial charge on any atom is 0.271 e. The summed E-state index contributed by atoms with van der Waals surface area (Å²) in [6.07, 6.45) is 0. The number of benzene rings is 2. The Bertz CT molecular complexity index is 1200. The van der Waals surface area contributed by atoms with E-state index in [1.54, 1.807) is 31.2 Å². The third-order valence-electron chi connectivity index (χ3n) is 4.67. The van der Waals surface area contributed by atoms with Crippen molar-refractivity contribution in [3.8, 4) is 0 Å². The van der Waals surface area contributed by atoms with Gasteiger partial charge in [0.05, 0.1) is 28.5 Å². The van der Waals surface area contributed by atoms with Crippen molar-refractivity contribution in [2.45, 2.75) is 32.1 Å². The highest BCUT2D eigenvalue weighted by Crippen LogP contribution is 2.23. The molecule has 2 N–H and O–H groups in total. The number of aromatic nitrogens is 3. The second-order valence-corrected chi connectivity index (χ2v) is 8.70. The van der Waals surface area contributed by atoms with Crippen molar-refractivity contribution < 1.29 is 14.5 Å². The van der Waals surface area contributed by atoms with Gasteiger partial charge in [0, 0.05) is 23.2 Å². The molecule has 10 nitrogen and oxygen atoms in total. The maximum absolute atomic E-state index is 12.4. The molecule has 3 rings (SSSR count). The van der Waals surface area contributed by atoms with Crippen molar-refractivity contribution in [3.05, 3.63) is 74.0 Å². The number of aryl methyl sites for hydroxylation is 1. The third kappa shape index (κ3) is 6.17. The lowest BCUT2D eigenvalue weighted by Crippen LogP contribution is -2.25. The predicted molar refractivity (Wildman–Crippen MR) is 128 cm³/mol. The molecule has 172 valence electrons. The topological polar surface area (TPSA) is 132 Å². The van der Waals surface area contributed by atoms with Crippen LogP contribution < -0.4 is 10.6 Å². The summed E-state index contributed by atoms with van der Waals surface area (Å²) in [7, 11) is 0. The number of nitrogens with zero attached hydrogens (tertiary/aromatic N) is 4. The molecule has 0 spiro atoms. The van der Waals surface area contributed by atoms with Gasteiger partial charge in [-0.05, 0) is 47.5 Å². The number of amides is 2. The summed E-state index contributed by atoms with van der Waals surface area (Å²) >= 11 is 4.55. The van der Waals surface area contributed by atoms with Gasteiger partial charge in [0.25, 0.3) is 11.6 Å². The Kier molecular flexibility index (Phi) is 8.17. The average molecular weight is 533 g/mol. The number of hydrogen-bond acceptors (Lipinski definition) is 7. The Hall–Kier alpha value is -3.25. The maximum atomic E-state index is 12.4. The van der Waals surface area contributed by atoms with Crippen LogP contribution in [0.4, 0.5) is 11.4 Å². The van der Waals surface area contributed by atoms with Gasteiger partial charge in [0.15, 0.2) is 11.0 Å². The zero-order valence-electron chi connectivity index (χ0n) is 17.9. The molecule has 0 saturated heterocycles. The fourth-order valence-electron chi connectivity index (χ4n) is 2.95. The quantitative estimate of drug-likeness (QED) is 0.242. The first kappa shape index (κ1) is 24.4. The van der Waals surface area contributed by atoms with E-state index in [0.717, 1.165) is 5.56 Å². The predicted octanol–water partition coefficient (Wildman–Crippen LogP) is 3.94. The second-order valence-electron chi connectivity index (χ2n) is 6.90. The van der Waals surface area contributed by atoms with E-state index < -0.39 is 4.92 Å². The molecule has 0 aliphatic rings. The molecule has 2 aromatic carbocycles. The summed E-state index contributed by atoms with van der Waals surface area (Å²) < 4.78 is 2.51. The normalized spacial score (nSPS) is 10.6. The van der Waals surface area contributed by atoms with Crippen molar-refractivity contribution in [1.29, 1.82) is 0 Å². The van der Waals surface area contributed by atoms with Crippen LogP contribution in [0.3, 0.4) is 0 Å². The molecule has 1 heterocycles. The van der Waals surface area contributed by atoms with E-state index in [-0.39, 0.29) is 29.8 Å². The number of carbonyl (C=O) groups is 2. The molecule has 0 aliphatic carbocycles. The summed E-state index contributed by atoms with van der Waals surface area (Å²) in [5.74, 6) is 0.0475. The van der Waals surface area contributed by atoms with Crippen LogP contribution in [0.5, 0.6) is 0 Å². The van der Waals surface area contributed by atoms with Crippen LogP contribution in [0.2, 0.25) is 0 Å². The van der Waals surface area contributed by atoms with E-state index in [9.17, 15) is 19.7 Å². The number of anilines is 1. The van der Waals surface area contributed by atoms with Crippen LogP contribution in [0.25, 0.3) is 0 Å².